The zero-order valence-corrected chi connectivity index (χ0v) is 11.1. The molecule has 0 aliphatic carbocycles. The number of hydrogen-bond acceptors (Lipinski definition) is 2. The van der Waals surface area contributed by atoms with Crippen molar-refractivity contribution in [1.29, 1.82) is 0 Å². The molecular weight excluding hydrogens is 269 g/mol. The standard InChI is InChI=1S/C14H17F3N2O/c1-9-8-18-7-6-12(9)19-13(20)10-4-2-3-5-11(10)14(15,16)17/h2-5,9,12,18H,6-8H2,1H3,(H,19,20). The fourth-order valence-corrected chi connectivity index (χ4v) is 2.40. The minimum Gasteiger partial charge on any atom is -0.349 e. The maximum Gasteiger partial charge on any atom is 0.417 e. The van der Waals surface area contributed by atoms with Crippen molar-refractivity contribution in [2.45, 2.75) is 25.6 Å². The quantitative estimate of drug-likeness (QED) is 0.876. The van der Waals surface area contributed by atoms with Gasteiger partial charge >= 0.3 is 6.18 Å². The summed E-state index contributed by atoms with van der Waals surface area (Å²) in [5, 5.41) is 5.90. The van der Waals surface area contributed by atoms with E-state index < -0.39 is 17.6 Å². The predicted octanol–water partition coefficient (Wildman–Crippen LogP) is 2.43. The van der Waals surface area contributed by atoms with E-state index in [9.17, 15) is 18.0 Å². The summed E-state index contributed by atoms with van der Waals surface area (Å²) in [6.45, 7) is 3.48. The molecule has 1 saturated heterocycles. The molecule has 1 amide bonds. The molecule has 0 aromatic heterocycles. The number of benzene rings is 1. The van der Waals surface area contributed by atoms with Crippen LogP contribution in [0.25, 0.3) is 0 Å². The van der Waals surface area contributed by atoms with Gasteiger partial charge in [-0.05, 0) is 37.6 Å². The SMILES string of the molecule is CC1CNCCC1NC(=O)c1ccccc1C(F)(F)F. The number of carbonyl (C=O) groups excluding carboxylic acids is 1. The van der Waals surface area contributed by atoms with Crippen LogP contribution in [0.4, 0.5) is 13.2 Å². The maximum absolute atomic E-state index is 12.9. The molecule has 0 bridgehead atoms. The van der Waals surface area contributed by atoms with E-state index in [1.54, 1.807) is 0 Å². The van der Waals surface area contributed by atoms with Gasteiger partial charge in [0, 0.05) is 6.04 Å². The molecule has 0 radical (unpaired) electrons. The van der Waals surface area contributed by atoms with Gasteiger partial charge in [-0.15, -0.1) is 0 Å². The fraction of sp³-hybridized carbons (Fsp3) is 0.500. The summed E-state index contributed by atoms with van der Waals surface area (Å²) < 4.78 is 38.6. The highest BCUT2D eigenvalue weighted by atomic mass is 19.4. The highest BCUT2D eigenvalue weighted by Crippen LogP contribution is 2.31. The lowest BCUT2D eigenvalue weighted by Crippen LogP contribution is -2.48. The Labute approximate surface area is 115 Å². The van der Waals surface area contributed by atoms with Crippen molar-refractivity contribution >= 4 is 5.91 Å². The summed E-state index contributed by atoms with van der Waals surface area (Å²) in [6, 6.07) is 4.78. The van der Waals surface area contributed by atoms with Crippen LogP contribution in [0.15, 0.2) is 24.3 Å². The van der Waals surface area contributed by atoms with E-state index in [0.717, 1.165) is 25.6 Å². The van der Waals surface area contributed by atoms with Gasteiger partial charge in [0.05, 0.1) is 11.1 Å². The molecule has 1 aromatic carbocycles. The number of piperidine rings is 1. The van der Waals surface area contributed by atoms with Gasteiger partial charge in [-0.2, -0.15) is 13.2 Å². The third-order valence-electron chi connectivity index (χ3n) is 3.58. The smallest absolute Gasteiger partial charge is 0.349 e. The first-order chi connectivity index (χ1) is 9.39. The molecule has 6 heteroatoms. The van der Waals surface area contributed by atoms with Crippen LogP contribution < -0.4 is 10.6 Å². The van der Waals surface area contributed by atoms with Crippen molar-refractivity contribution in [1.82, 2.24) is 10.6 Å². The van der Waals surface area contributed by atoms with Crippen molar-refractivity contribution in [2.24, 2.45) is 5.92 Å². The first-order valence-corrected chi connectivity index (χ1v) is 6.57. The largest absolute Gasteiger partial charge is 0.417 e. The molecule has 2 unspecified atom stereocenters. The average molecular weight is 286 g/mol. The number of amides is 1. The maximum atomic E-state index is 12.9. The van der Waals surface area contributed by atoms with Gasteiger partial charge in [0.1, 0.15) is 0 Å². The van der Waals surface area contributed by atoms with Crippen LogP contribution in [0, 0.1) is 5.92 Å². The first kappa shape index (κ1) is 14.8. The van der Waals surface area contributed by atoms with Gasteiger partial charge in [-0.3, -0.25) is 4.79 Å². The van der Waals surface area contributed by atoms with Crippen LogP contribution in [-0.2, 0) is 6.18 Å². The van der Waals surface area contributed by atoms with E-state index in [4.69, 9.17) is 0 Å². The van der Waals surface area contributed by atoms with E-state index in [1.807, 2.05) is 6.92 Å². The molecular formula is C14H17F3N2O. The Bertz CT molecular complexity index is 488. The molecule has 1 aliphatic rings. The summed E-state index contributed by atoms with van der Waals surface area (Å²) in [6.07, 6.45) is -3.80. The zero-order valence-electron chi connectivity index (χ0n) is 11.1. The molecule has 1 fully saturated rings. The first-order valence-electron chi connectivity index (χ1n) is 6.57. The van der Waals surface area contributed by atoms with E-state index in [2.05, 4.69) is 10.6 Å². The minimum atomic E-state index is -4.52. The zero-order chi connectivity index (χ0) is 14.8. The molecule has 1 heterocycles. The van der Waals surface area contributed by atoms with Crippen molar-refractivity contribution < 1.29 is 18.0 Å². The fourth-order valence-electron chi connectivity index (χ4n) is 2.40. The summed E-state index contributed by atoms with van der Waals surface area (Å²) in [4.78, 5) is 12.1. The Hall–Kier alpha value is -1.56. The van der Waals surface area contributed by atoms with Crippen LogP contribution in [0.5, 0.6) is 0 Å². The summed E-state index contributed by atoms with van der Waals surface area (Å²) >= 11 is 0. The predicted molar refractivity (Wildman–Crippen MR) is 69.3 cm³/mol. The Morgan fingerprint density at radius 1 is 1.35 bits per heavy atom. The number of halogens is 3. The minimum absolute atomic E-state index is 0.0926. The highest BCUT2D eigenvalue weighted by molar-refractivity contribution is 5.96. The van der Waals surface area contributed by atoms with E-state index in [1.165, 1.54) is 18.2 Å². The molecule has 0 spiro atoms. The highest BCUT2D eigenvalue weighted by Gasteiger charge is 2.35. The third-order valence-corrected chi connectivity index (χ3v) is 3.58. The van der Waals surface area contributed by atoms with Gasteiger partial charge in [-0.1, -0.05) is 19.1 Å². The number of alkyl halides is 3. The number of nitrogens with one attached hydrogen (secondary N) is 2. The van der Waals surface area contributed by atoms with Crippen LogP contribution in [-0.4, -0.2) is 25.0 Å². The second kappa shape index (κ2) is 5.83. The van der Waals surface area contributed by atoms with Crippen LogP contribution in [0.1, 0.15) is 29.3 Å². The Balaban J connectivity index is 2.17. The van der Waals surface area contributed by atoms with Gasteiger partial charge in [0.15, 0.2) is 0 Å². The molecule has 110 valence electrons. The van der Waals surface area contributed by atoms with Gasteiger partial charge in [0.25, 0.3) is 5.91 Å². The van der Waals surface area contributed by atoms with Crippen molar-refractivity contribution in [2.75, 3.05) is 13.1 Å². The molecule has 1 aromatic rings. The lowest BCUT2D eigenvalue weighted by atomic mass is 9.94. The van der Waals surface area contributed by atoms with Gasteiger partial charge < -0.3 is 10.6 Å². The summed E-state index contributed by atoms with van der Waals surface area (Å²) in [7, 11) is 0. The number of hydrogen-bond donors (Lipinski definition) is 2. The lowest BCUT2D eigenvalue weighted by molar-refractivity contribution is -0.137. The molecule has 2 rings (SSSR count). The third kappa shape index (κ3) is 3.30. The topological polar surface area (TPSA) is 41.1 Å². The normalized spacial score (nSPS) is 23.4. The summed E-state index contributed by atoms with van der Waals surface area (Å²) in [5.41, 5.74) is -1.20. The van der Waals surface area contributed by atoms with Crippen LogP contribution in [0.3, 0.4) is 0 Å². The number of rotatable bonds is 2. The molecule has 2 N–H and O–H groups in total. The van der Waals surface area contributed by atoms with Gasteiger partial charge in [0.2, 0.25) is 0 Å². The van der Waals surface area contributed by atoms with Crippen LogP contribution >= 0.6 is 0 Å². The van der Waals surface area contributed by atoms with E-state index in [-0.39, 0.29) is 17.5 Å². The van der Waals surface area contributed by atoms with Crippen LogP contribution in [0.2, 0.25) is 0 Å². The van der Waals surface area contributed by atoms with Gasteiger partial charge in [-0.25, -0.2) is 0 Å². The molecule has 2 atom stereocenters. The lowest BCUT2D eigenvalue weighted by Gasteiger charge is -2.30. The molecule has 3 nitrogen and oxygen atoms in total. The van der Waals surface area contributed by atoms with E-state index in [0.29, 0.717) is 0 Å². The Morgan fingerprint density at radius 2 is 2.05 bits per heavy atom. The molecule has 0 saturated carbocycles. The van der Waals surface area contributed by atoms with E-state index >= 15 is 0 Å². The average Bonchev–Trinajstić information content (AvgIpc) is 2.40. The Morgan fingerprint density at radius 3 is 2.70 bits per heavy atom. The summed E-state index contributed by atoms with van der Waals surface area (Å²) in [5.74, 6) is -0.456. The second-order valence-corrected chi connectivity index (χ2v) is 5.09. The molecule has 1 aliphatic heterocycles. The van der Waals surface area contributed by atoms with Crippen molar-refractivity contribution in [3.8, 4) is 0 Å². The second-order valence-electron chi connectivity index (χ2n) is 5.09. The molecule has 20 heavy (non-hydrogen) atoms. The Kier molecular flexibility index (Phi) is 4.32. The number of carbonyl (C=O) groups is 1. The monoisotopic (exact) mass is 286 g/mol. The van der Waals surface area contributed by atoms with Crippen molar-refractivity contribution in [3.05, 3.63) is 35.4 Å². The van der Waals surface area contributed by atoms with Crippen molar-refractivity contribution in [3.63, 3.8) is 0 Å².